The van der Waals surface area contributed by atoms with Crippen molar-refractivity contribution < 1.29 is 0 Å². The number of hydrogen-bond donors (Lipinski definition) is 1. The van der Waals surface area contributed by atoms with Gasteiger partial charge in [-0.05, 0) is 38.1 Å². The molecule has 1 aromatic heterocycles. The molecule has 1 aromatic rings. The first-order chi connectivity index (χ1) is 7.18. The third-order valence-corrected chi connectivity index (χ3v) is 4.97. The van der Waals surface area contributed by atoms with Gasteiger partial charge in [0.15, 0.2) is 0 Å². The van der Waals surface area contributed by atoms with Crippen LogP contribution in [0.3, 0.4) is 0 Å². The summed E-state index contributed by atoms with van der Waals surface area (Å²) in [4.78, 5) is 4.50. The first kappa shape index (κ1) is 11.1. The molecule has 2 nitrogen and oxygen atoms in total. The van der Waals surface area contributed by atoms with E-state index in [1.54, 1.807) is 11.3 Å². The van der Waals surface area contributed by atoms with E-state index in [1.807, 2.05) is 6.20 Å². The Kier molecular flexibility index (Phi) is 3.12. The summed E-state index contributed by atoms with van der Waals surface area (Å²) in [5.74, 6) is 1.64. The molecular weight excluding hydrogens is 204 g/mol. The van der Waals surface area contributed by atoms with Gasteiger partial charge < -0.3 is 5.32 Å². The van der Waals surface area contributed by atoms with Crippen LogP contribution >= 0.6 is 11.3 Å². The molecule has 1 fully saturated rings. The molecule has 0 aliphatic heterocycles. The van der Waals surface area contributed by atoms with Crippen molar-refractivity contribution in [2.45, 2.75) is 38.6 Å². The van der Waals surface area contributed by atoms with Crippen molar-refractivity contribution in [3.63, 3.8) is 0 Å². The molecule has 3 heteroatoms. The topological polar surface area (TPSA) is 24.9 Å². The molecule has 0 bridgehead atoms. The van der Waals surface area contributed by atoms with Crippen LogP contribution in [-0.4, -0.2) is 12.0 Å². The first-order valence-electron chi connectivity index (χ1n) is 5.77. The Morgan fingerprint density at radius 2 is 2.27 bits per heavy atom. The molecule has 1 heterocycles. The van der Waals surface area contributed by atoms with E-state index in [0.29, 0.717) is 0 Å². The summed E-state index contributed by atoms with van der Waals surface area (Å²) < 4.78 is 0. The van der Waals surface area contributed by atoms with Crippen LogP contribution in [0.5, 0.6) is 0 Å². The van der Waals surface area contributed by atoms with Gasteiger partial charge in [-0.25, -0.2) is 4.98 Å². The Morgan fingerprint density at radius 3 is 2.80 bits per heavy atom. The third kappa shape index (κ3) is 1.95. The highest BCUT2D eigenvalue weighted by Gasteiger charge is 2.39. The highest BCUT2D eigenvalue weighted by atomic mass is 32.1. The highest BCUT2D eigenvalue weighted by molar-refractivity contribution is 7.09. The summed E-state index contributed by atoms with van der Waals surface area (Å²) in [6, 6.07) is 0. The van der Waals surface area contributed by atoms with Crippen LogP contribution in [-0.2, 0) is 5.54 Å². The Bertz CT molecular complexity index is 309. The maximum atomic E-state index is 4.50. The van der Waals surface area contributed by atoms with E-state index in [1.165, 1.54) is 24.3 Å². The fourth-order valence-electron chi connectivity index (χ4n) is 2.60. The molecule has 1 N–H and O–H groups in total. The predicted molar refractivity (Wildman–Crippen MR) is 65.0 cm³/mol. The molecule has 0 radical (unpaired) electrons. The number of hydrogen-bond acceptors (Lipinski definition) is 3. The lowest BCUT2D eigenvalue weighted by molar-refractivity contribution is 0.148. The SMILES string of the molecule is CNC1(c2nccs2)CCC(C)C(C)C1. The molecule has 0 spiro atoms. The van der Waals surface area contributed by atoms with Gasteiger partial charge in [0, 0.05) is 11.6 Å². The molecule has 3 atom stereocenters. The van der Waals surface area contributed by atoms with Gasteiger partial charge in [0.05, 0.1) is 5.54 Å². The molecule has 1 aliphatic carbocycles. The van der Waals surface area contributed by atoms with Crippen molar-refractivity contribution in [3.8, 4) is 0 Å². The van der Waals surface area contributed by atoms with Gasteiger partial charge >= 0.3 is 0 Å². The van der Waals surface area contributed by atoms with Gasteiger partial charge in [-0.3, -0.25) is 0 Å². The van der Waals surface area contributed by atoms with Crippen molar-refractivity contribution >= 4 is 11.3 Å². The van der Waals surface area contributed by atoms with E-state index < -0.39 is 0 Å². The van der Waals surface area contributed by atoms with Crippen molar-refractivity contribution in [3.05, 3.63) is 16.6 Å². The molecule has 0 amide bonds. The molecule has 15 heavy (non-hydrogen) atoms. The van der Waals surface area contributed by atoms with Crippen molar-refractivity contribution in [2.24, 2.45) is 11.8 Å². The van der Waals surface area contributed by atoms with Crippen molar-refractivity contribution in [1.82, 2.24) is 10.3 Å². The Morgan fingerprint density at radius 1 is 1.47 bits per heavy atom. The van der Waals surface area contributed by atoms with E-state index in [4.69, 9.17) is 0 Å². The average Bonchev–Trinajstić information content (AvgIpc) is 2.76. The maximum absolute atomic E-state index is 4.50. The summed E-state index contributed by atoms with van der Waals surface area (Å²) in [5.41, 5.74) is 0.153. The van der Waals surface area contributed by atoms with Crippen LogP contribution in [0.4, 0.5) is 0 Å². The van der Waals surface area contributed by atoms with Gasteiger partial charge in [0.1, 0.15) is 5.01 Å². The summed E-state index contributed by atoms with van der Waals surface area (Å²) in [6.45, 7) is 4.73. The Hall–Kier alpha value is -0.410. The second-order valence-corrected chi connectivity index (χ2v) is 5.76. The minimum Gasteiger partial charge on any atom is -0.308 e. The molecule has 3 unspecified atom stereocenters. The lowest BCUT2D eigenvalue weighted by Gasteiger charge is -2.41. The van der Waals surface area contributed by atoms with E-state index in [9.17, 15) is 0 Å². The average molecular weight is 224 g/mol. The smallest absolute Gasteiger partial charge is 0.113 e. The van der Waals surface area contributed by atoms with Gasteiger partial charge in [-0.1, -0.05) is 13.8 Å². The zero-order valence-corrected chi connectivity index (χ0v) is 10.6. The molecule has 0 aromatic carbocycles. The number of nitrogens with one attached hydrogen (secondary N) is 1. The molecule has 0 saturated heterocycles. The van der Waals surface area contributed by atoms with Crippen LogP contribution in [0.2, 0.25) is 0 Å². The van der Waals surface area contributed by atoms with Crippen molar-refractivity contribution in [1.29, 1.82) is 0 Å². The summed E-state index contributed by atoms with van der Waals surface area (Å²) in [6.07, 6.45) is 5.67. The predicted octanol–water partition coefficient (Wildman–Crippen LogP) is 3.01. The molecule has 1 aliphatic rings. The number of rotatable bonds is 2. The molecular formula is C12H20N2S. The summed E-state index contributed by atoms with van der Waals surface area (Å²) >= 11 is 1.78. The summed E-state index contributed by atoms with van der Waals surface area (Å²) in [5, 5.41) is 6.87. The third-order valence-electron chi connectivity index (χ3n) is 3.99. The monoisotopic (exact) mass is 224 g/mol. The van der Waals surface area contributed by atoms with E-state index in [2.05, 4.69) is 36.6 Å². The fraction of sp³-hybridized carbons (Fsp3) is 0.750. The number of aromatic nitrogens is 1. The minimum atomic E-state index is 0.153. The van der Waals surface area contributed by atoms with E-state index in [-0.39, 0.29) is 5.54 Å². The zero-order chi connectivity index (χ0) is 10.9. The summed E-state index contributed by atoms with van der Waals surface area (Å²) in [7, 11) is 2.07. The van der Waals surface area contributed by atoms with Crippen molar-refractivity contribution in [2.75, 3.05) is 7.05 Å². The number of thiazole rings is 1. The molecule has 2 rings (SSSR count). The van der Waals surface area contributed by atoms with E-state index >= 15 is 0 Å². The van der Waals surface area contributed by atoms with Crippen LogP contribution in [0, 0.1) is 11.8 Å². The largest absolute Gasteiger partial charge is 0.308 e. The van der Waals surface area contributed by atoms with Gasteiger partial charge in [0.25, 0.3) is 0 Å². The normalized spacial score (nSPS) is 36.7. The lowest BCUT2D eigenvalue weighted by atomic mass is 9.71. The second-order valence-electron chi connectivity index (χ2n) is 4.87. The van der Waals surface area contributed by atoms with Gasteiger partial charge in [0.2, 0.25) is 0 Å². The first-order valence-corrected chi connectivity index (χ1v) is 6.65. The molecule has 1 saturated carbocycles. The van der Waals surface area contributed by atoms with Crippen LogP contribution < -0.4 is 5.32 Å². The molecule has 84 valence electrons. The number of nitrogens with zero attached hydrogens (tertiary/aromatic N) is 1. The zero-order valence-electron chi connectivity index (χ0n) is 9.79. The minimum absolute atomic E-state index is 0.153. The standard InChI is InChI=1S/C12H20N2S/c1-9-4-5-12(13-3,8-10(9)2)11-14-6-7-15-11/h6-7,9-10,13H,4-5,8H2,1-3H3. The van der Waals surface area contributed by atoms with Gasteiger partial charge in [-0.2, -0.15) is 0 Å². The lowest BCUT2D eigenvalue weighted by Crippen LogP contribution is -2.45. The second kappa shape index (κ2) is 4.22. The van der Waals surface area contributed by atoms with Gasteiger partial charge in [-0.15, -0.1) is 11.3 Å². The Balaban J connectivity index is 2.23. The highest BCUT2D eigenvalue weighted by Crippen LogP contribution is 2.42. The fourth-order valence-corrected chi connectivity index (χ4v) is 3.48. The quantitative estimate of drug-likeness (QED) is 0.835. The Labute approximate surface area is 96.1 Å². The maximum Gasteiger partial charge on any atom is 0.113 e. The van der Waals surface area contributed by atoms with Crippen LogP contribution in [0.15, 0.2) is 11.6 Å². The van der Waals surface area contributed by atoms with Crippen LogP contribution in [0.25, 0.3) is 0 Å². The van der Waals surface area contributed by atoms with E-state index in [0.717, 1.165) is 11.8 Å². The van der Waals surface area contributed by atoms with Crippen LogP contribution in [0.1, 0.15) is 38.1 Å².